The molecular formula is C27H32N4O2. The molecule has 3 unspecified atom stereocenters. The van der Waals surface area contributed by atoms with Crippen molar-refractivity contribution in [3.8, 4) is 0 Å². The lowest BCUT2D eigenvalue weighted by Crippen LogP contribution is -2.41. The lowest BCUT2D eigenvalue weighted by atomic mass is 9.81. The van der Waals surface area contributed by atoms with Crippen molar-refractivity contribution in [2.75, 3.05) is 13.1 Å². The van der Waals surface area contributed by atoms with E-state index in [0.29, 0.717) is 31.1 Å². The van der Waals surface area contributed by atoms with Crippen molar-refractivity contribution < 1.29 is 9.59 Å². The normalized spacial score (nSPS) is 24.2. The van der Waals surface area contributed by atoms with Gasteiger partial charge >= 0.3 is 0 Å². The number of hydrogen-bond acceptors (Lipinski definition) is 4. The van der Waals surface area contributed by atoms with E-state index in [4.69, 9.17) is 5.10 Å². The van der Waals surface area contributed by atoms with Crippen molar-refractivity contribution in [2.45, 2.75) is 45.1 Å². The molecule has 172 valence electrons. The monoisotopic (exact) mass is 444 g/mol. The van der Waals surface area contributed by atoms with E-state index in [2.05, 4.69) is 65.7 Å². The number of carbonyl (C=O) groups is 2. The molecule has 3 atom stereocenters. The number of piperidine rings is 2. The number of likely N-dealkylation sites (tertiary alicyclic amines) is 1. The molecule has 0 bridgehead atoms. The van der Waals surface area contributed by atoms with Crippen molar-refractivity contribution in [3.05, 3.63) is 65.4 Å². The molecule has 2 aromatic carbocycles. The van der Waals surface area contributed by atoms with Crippen LogP contribution >= 0.6 is 0 Å². The van der Waals surface area contributed by atoms with Gasteiger partial charge in [-0.25, -0.2) is 0 Å². The SMILES string of the molecule is CC1CN(Cc2ccccc2)CCC1c1ccc2c(CC3CCC(=O)NC3=O)nn(C)c2c1. The molecule has 0 spiro atoms. The molecule has 2 aliphatic rings. The summed E-state index contributed by atoms with van der Waals surface area (Å²) in [6.07, 6.45) is 2.73. The summed E-state index contributed by atoms with van der Waals surface area (Å²) in [6, 6.07) is 17.5. The fraction of sp³-hybridized carbons (Fsp3) is 0.444. The van der Waals surface area contributed by atoms with Gasteiger partial charge in [0.25, 0.3) is 0 Å². The van der Waals surface area contributed by atoms with Crippen molar-refractivity contribution in [1.82, 2.24) is 20.0 Å². The molecule has 2 aliphatic heterocycles. The third kappa shape index (κ3) is 4.58. The van der Waals surface area contributed by atoms with Gasteiger partial charge in [0, 0.05) is 44.3 Å². The Morgan fingerprint density at radius 1 is 1.09 bits per heavy atom. The van der Waals surface area contributed by atoms with Crippen LogP contribution < -0.4 is 5.32 Å². The average Bonchev–Trinajstić information content (AvgIpc) is 3.11. The summed E-state index contributed by atoms with van der Waals surface area (Å²) >= 11 is 0. The Kier molecular flexibility index (Phi) is 6.02. The number of benzene rings is 2. The van der Waals surface area contributed by atoms with Crippen LogP contribution in [0.5, 0.6) is 0 Å². The quantitative estimate of drug-likeness (QED) is 0.608. The molecule has 0 aliphatic carbocycles. The summed E-state index contributed by atoms with van der Waals surface area (Å²) < 4.78 is 1.94. The Hall–Kier alpha value is -2.99. The van der Waals surface area contributed by atoms with E-state index in [9.17, 15) is 9.59 Å². The molecule has 6 heteroatoms. The van der Waals surface area contributed by atoms with Crippen molar-refractivity contribution in [1.29, 1.82) is 0 Å². The first kappa shape index (κ1) is 21.8. The highest BCUT2D eigenvalue weighted by Crippen LogP contribution is 2.35. The first-order valence-electron chi connectivity index (χ1n) is 12.0. The van der Waals surface area contributed by atoms with Gasteiger partial charge in [-0.2, -0.15) is 5.10 Å². The molecule has 2 amide bonds. The smallest absolute Gasteiger partial charge is 0.230 e. The number of amides is 2. The van der Waals surface area contributed by atoms with Gasteiger partial charge in [-0.3, -0.25) is 24.5 Å². The molecule has 3 heterocycles. The number of fused-ring (bicyclic) bond motifs is 1. The van der Waals surface area contributed by atoms with Crippen LogP contribution in [0, 0.1) is 11.8 Å². The molecule has 1 aromatic heterocycles. The van der Waals surface area contributed by atoms with Crippen LogP contribution in [0.25, 0.3) is 10.9 Å². The van der Waals surface area contributed by atoms with Gasteiger partial charge in [-0.15, -0.1) is 0 Å². The number of nitrogens with zero attached hydrogens (tertiary/aromatic N) is 3. The zero-order chi connectivity index (χ0) is 22.9. The lowest BCUT2D eigenvalue weighted by Gasteiger charge is -2.37. The highest BCUT2D eigenvalue weighted by Gasteiger charge is 2.30. The fourth-order valence-electron chi connectivity index (χ4n) is 5.61. The molecule has 3 aromatic rings. The molecule has 5 rings (SSSR count). The summed E-state index contributed by atoms with van der Waals surface area (Å²) in [4.78, 5) is 26.2. The standard InChI is InChI=1S/C27H32N4O2/c1-18-16-31(17-19-6-4-3-5-7-19)13-12-22(18)20-8-10-23-24(29-30(2)25(23)15-20)14-21-9-11-26(32)28-27(21)33/h3-8,10,15,18,21-22H,9,11-14,16-17H2,1-2H3,(H,28,32,33). The number of carbonyl (C=O) groups excluding carboxylic acids is 2. The molecule has 2 fully saturated rings. The van der Waals surface area contributed by atoms with Crippen LogP contribution in [0.2, 0.25) is 0 Å². The zero-order valence-corrected chi connectivity index (χ0v) is 19.5. The second kappa shape index (κ2) is 9.10. The Morgan fingerprint density at radius 3 is 2.67 bits per heavy atom. The minimum absolute atomic E-state index is 0.169. The van der Waals surface area contributed by atoms with E-state index >= 15 is 0 Å². The van der Waals surface area contributed by atoms with Crippen LogP contribution in [-0.2, 0) is 29.6 Å². The molecule has 0 radical (unpaired) electrons. The second-order valence-corrected chi connectivity index (χ2v) is 9.79. The predicted molar refractivity (Wildman–Crippen MR) is 129 cm³/mol. The van der Waals surface area contributed by atoms with Gasteiger partial charge < -0.3 is 0 Å². The Bertz CT molecular complexity index is 1170. The molecule has 0 saturated carbocycles. The van der Waals surface area contributed by atoms with Crippen LogP contribution in [0.1, 0.15) is 48.9 Å². The van der Waals surface area contributed by atoms with E-state index in [1.165, 1.54) is 11.1 Å². The van der Waals surface area contributed by atoms with Crippen LogP contribution in [-0.4, -0.2) is 39.6 Å². The predicted octanol–water partition coefficient (Wildman–Crippen LogP) is 3.79. The number of aryl methyl sites for hydroxylation is 1. The summed E-state index contributed by atoms with van der Waals surface area (Å²) in [7, 11) is 1.98. The summed E-state index contributed by atoms with van der Waals surface area (Å²) in [5.74, 6) is 0.592. The van der Waals surface area contributed by atoms with Gasteiger partial charge in [0.2, 0.25) is 11.8 Å². The second-order valence-electron chi connectivity index (χ2n) is 9.79. The maximum atomic E-state index is 12.2. The summed E-state index contributed by atoms with van der Waals surface area (Å²) in [6.45, 7) is 5.59. The fourth-order valence-corrected chi connectivity index (χ4v) is 5.61. The number of rotatable bonds is 5. The Balaban J connectivity index is 1.30. The largest absolute Gasteiger partial charge is 0.299 e. The number of imide groups is 1. The van der Waals surface area contributed by atoms with Gasteiger partial charge in [0.05, 0.1) is 11.2 Å². The number of nitrogens with one attached hydrogen (secondary N) is 1. The number of hydrogen-bond donors (Lipinski definition) is 1. The van der Waals surface area contributed by atoms with Gasteiger partial charge in [0.15, 0.2) is 0 Å². The zero-order valence-electron chi connectivity index (χ0n) is 19.5. The Morgan fingerprint density at radius 2 is 1.91 bits per heavy atom. The highest BCUT2D eigenvalue weighted by molar-refractivity contribution is 5.99. The van der Waals surface area contributed by atoms with E-state index in [1.54, 1.807) is 0 Å². The van der Waals surface area contributed by atoms with E-state index in [1.807, 2.05) is 11.7 Å². The highest BCUT2D eigenvalue weighted by atomic mass is 16.2. The van der Waals surface area contributed by atoms with Crippen LogP contribution in [0.15, 0.2) is 48.5 Å². The van der Waals surface area contributed by atoms with Crippen molar-refractivity contribution in [3.63, 3.8) is 0 Å². The minimum Gasteiger partial charge on any atom is -0.299 e. The van der Waals surface area contributed by atoms with E-state index in [0.717, 1.165) is 42.7 Å². The maximum absolute atomic E-state index is 12.2. The average molecular weight is 445 g/mol. The van der Waals surface area contributed by atoms with Gasteiger partial charge in [0.1, 0.15) is 0 Å². The summed E-state index contributed by atoms with van der Waals surface area (Å²) in [5.41, 5.74) is 4.82. The number of aromatic nitrogens is 2. The Labute approximate surface area is 195 Å². The first-order valence-corrected chi connectivity index (χ1v) is 12.0. The van der Waals surface area contributed by atoms with E-state index in [-0.39, 0.29) is 17.7 Å². The van der Waals surface area contributed by atoms with Gasteiger partial charge in [-0.05, 0) is 48.4 Å². The molecule has 1 N–H and O–H groups in total. The van der Waals surface area contributed by atoms with Crippen molar-refractivity contribution in [2.24, 2.45) is 18.9 Å². The topological polar surface area (TPSA) is 67.2 Å². The van der Waals surface area contributed by atoms with Crippen LogP contribution in [0.3, 0.4) is 0 Å². The third-order valence-corrected chi connectivity index (χ3v) is 7.41. The summed E-state index contributed by atoms with van der Waals surface area (Å²) in [5, 5.41) is 8.32. The van der Waals surface area contributed by atoms with E-state index < -0.39 is 0 Å². The minimum atomic E-state index is -0.186. The van der Waals surface area contributed by atoms with Crippen molar-refractivity contribution >= 4 is 22.7 Å². The molecular weight excluding hydrogens is 412 g/mol. The molecule has 2 saturated heterocycles. The molecule has 33 heavy (non-hydrogen) atoms. The first-order chi connectivity index (χ1) is 16.0. The maximum Gasteiger partial charge on any atom is 0.230 e. The lowest BCUT2D eigenvalue weighted by molar-refractivity contribution is -0.136. The molecule has 6 nitrogen and oxygen atoms in total. The van der Waals surface area contributed by atoms with Crippen LogP contribution in [0.4, 0.5) is 0 Å². The van der Waals surface area contributed by atoms with Gasteiger partial charge in [-0.1, -0.05) is 49.4 Å². The third-order valence-electron chi connectivity index (χ3n) is 7.41.